The molecule has 0 spiro atoms. The van der Waals surface area contributed by atoms with Crippen molar-refractivity contribution in [2.75, 3.05) is 4.90 Å². The lowest BCUT2D eigenvalue weighted by molar-refractivity contribution is 0.475. The summed E-state index contributed by atoms with van der Waals surface area (Å²) in [5.74, 6) is 0.237. The fraction of sp³-hybridized carbons (Fsp3) is 0.238. The Hall–Kier alpha value is -2.86. The highest BCUT2D eigenvalue weighted by atomic mass is 32.1. The lowest BCUT2D eigenvalue weighted by atomic mass is 9.98. The van der Waals surface area contributed by atoms with Gasteiger partial charge in [-0.3, -0.25) is 4.98 Å². The smallest absolute Gasteiger partial charge is 0.174 e. The first kappa shape index (κ1) is 17.5. The molecule has 1 aromatic carbocycles. The van der Waals surface area contributed by atoms with Crippen LogP contribution in [0.2, 0.25) is 0 Å². The number of nitrogens with zero attached hydrogens (tertiary/aromatic N) is 3. The standard InChI is InChI=1S/C21H22N4OS/c1-14(2)24-12-10-15(13-24)20-19(18-5-3-4-11-22-18)23-21(27)25(20)16-6-8-17(26)9-7-16/h3-14,19-20,26H,1-2H3,(H,23,27)/t19-,20+/m1/s1. The third-order valence-electron chi connectivity index (χ3n) is 4.90. The average molecular weight is 379 g/mol. The Morgan fingerprint density at radius 2 is 1.89 bits per heavy atom. The van der Waals surface area contributed by atoms with Gasteiger partial charge in [0.2, 0.25) is 0 Å². The van der Waals surface area contributed by atoms with E-state index in [4.69, 9.17) is 12.2 Å². The Morgan fingerprint density at radius 1 is 1.11 bits per heavy atom. The van der Waals surface area contributed by atoms with Gasteiger partial charge in [-0.15, -0.1) is 0 Å². The third-order valence-corrected chi connectivity index (χ3v) is 5.22. The number of anilines is 1. The van der Waals surface area contributed by atoms with Crippen molar-refractivity contribution in [3.63, 3.8) is 0 Å². The Morgan fingerprint density at radius 3 is 2.52 bits per heavy atom. The molecule has 27 heavy (non-hydrogen) atoms. The number of aromatic hydroxyl groups is 1. The molecule has 0 unspecified atom stereocenters. The van der Waals surface area contributed by atoms with Gasteiger partial charge in [0.15, 0.2) is 5.11 Å². The van der Waals surface area contributed by atoms with Crippen LogP contribution in [0.15, 0.2) is 67.1 Å². The molecule has 0 bridgehead atoms. The molecule has 3 heterocycles. The highest BCUT2D eigenvalue weighted by Crippen LogP contribution is 2.41. The van der Waals surface area contributed by atoms with E-state index in [1.165, 1.54) is 5.56 Å². The van der Waals surface area contributed by atoms with Crippen LogP contribution in [0.25, 0.3) is 0 Å². The van der Waals surface area contributed by atoms with Crippen LogP contribution in [0.5, 0.6) is 5.75 Å². The SMILES string of the molecule is CC(C)n1ccc([C@H]2[C@@H](c3ccccn3)NC(=S)N2c2ccc(O)cc2)c1. The zero-order valence-electron chi connectivity index (χ0n) is 15.3. The van der Waals surface area contributed by atoms with Gasteiger partial charge in [-0.25, -0.2) is 0 Å². The van der Waals surface area contributed by atoms with E-state index in [1.807, 2.05) is 30.3 Å². The van der Waals surface area contributed by atoms with Crippen LogP contribution in [0.1, 0.15) is 43.2 Å². The number of phenolic OH excluding ortho intramolecular Hbond substituents is 1. The molecule has 2 N–H and O–H groups in total. The van der Waals surface area contributed by atoms with Crippen molar-refractivity contribution >= 4 is 23.0 Å². The van der Waals surface area contributed by atoms with Crippen molar-refractivity contribution in [3.8, 4) is 5.75 Å². The number of nitrogens with one attached hydrogen (secondary N) is 1. The first-order valence-electron chi connectivity index (χ1n) is 9.01. The van der Waals surface area contributed by atoms with Crippen LogP contribution in [-0.4, -0.2) is 19.8 Å². The minimum Gasteiger partial charge on any atom is -0.508 e. The number of aromatic nitrogens is 2. The Bertz CT molecular complexity index is 936. The zero-order valence-corrected chi connectivity index (χ0v) is 16.1. The molecule has 5 nitrogen and oxygen atoms in total. The molecule has 2 aromatic heterocycles. The molecule has 0 radical (unpaired) electrons. The minimum atomic E-state index is -0.0597. The number of thiocarbonyl (C=S) groups is 1. The van der Waals surface area contributed by atoms with E-state index in [2.05, 4.69) is 52.1 Å². The molecule has 138 valence electrons. The number of hydrogen-bond donors (Lipinski definition) is 2. The summed E-state index contributed by atoms with van der Waals surface area (Å²) in [5.41, 5.74) is 3.05. The molecule has 0 saturated carbocycles. The van der Waals surface area contributed by atoms with Gasteiger partial charge in [-0.1, -0.05) is 6.07 Å². The molecular formula is C21H22N4OS. The molecule has 1 aliphatic heterocycles. The Balaban J connectivity index is 1.81. The number of hydrogen-bond acceptors (Lipinski definition) is 3. The van der Waals surface area contributed by atoms with Crippen molar-refractivity contribution in [1.82, 2.24) is 14.9 Å². The van der Waals surface area contributed by atoms with Crippen molar-refractivity contribution < 1.29 is 5.11 Å². The topological polar surface area (TPSA) is 53.3 Å². The number of pyridine rings is 1. The predicted molar refractivity (Wildman–Crippen MR) is 111 cm³/mol. The van der Waals surface area contributed by atoms with Gasteiger partial charge in [0.05, 0.1) is 17.8 Å². The first-order chi connectivity index (χ1) is 13.0. The van der Waals surface area contributed by atoms with Crippen LogP contribution in [-0.2, 0) is 0 Å². The van der Waals surface area contributed by atoms with E-state index in [1.54, 1.807) is 18.3 Å². The van der Waals surface area contributed by atoms with Gasteiger partial charge in [-0.2, -0.15) is 0 Å². The van der Waals surface area contributed by atoms with E-state index >= 15 is 0 Å². The lowest BCUT2D eigenvalue weighted by Gasteiger charge is -2.27. The molecule has 0 aliphatic carbocycles. The largest absolute Gasteiger partial charge is 0.508 e. The first-order valence-corrected chi connectivity index (χ1v) is 9.42. The van der Waals surface area contributed by atoms with Gasteiger partial charge in [-0.05, 0) is 74.1 Å². The van der Waals surface area contributed by atoms with E-state index in [0.717, 1.165) is 11.4 Å². The summed E-state index contributed by atoms with van der Waals surface area (Å²) >= 11 is 5.69. The van der Waals surface area contributed by atoms with E-state index in [9.17, 15) is 5.11 Å². The van der Waals surface area contributed by atoms with Gasteiger partial charge in [0.1, 0.15) is 5.75 Å². The minimum absolute atomic E-state index is 0.0306. The van der Waals surface area contributed by atoms with Crippen molar-refractivity contribution in [2.45, 2.75) is 32.0 Å². The summed E-state index contributed by atoms with van der Waals surface area (Å²) in [7, 11) is 0. The maximum absolute atomic E-state index is 9.66. The normalized spacial score (nSPS) is 19.5. The second kappa shape index (κ2) is 7.04. The molecule has 1 fully saturated rings. The summed E-state index contributed by atoms with van der Waals surface area (Å²) in [5, 5.41) is 13.8. The van der Waals surface area contributed by atoms with Gasteiger partial charge < -0.3 is 19.9 Å². The van der Waals surface area contributed by atoms with E-state index in [0.29, 0.717) is 11.2 Å². The molecule has 2 atom stereocenters. The van der Waals surface area contributed by atoms with Crippen LogP contribution < -0.4 is 10.2 Å². The van der Waals surface area contributed by atoms with Gasteiger partial charge in [0.25, 0.3) is 0 Å². The van der Waals surface area contributed by atoms with Crippen molar-refractivity contribution in [2.24, 2.45) is 0 Å². The number of phenols is 1. The molecular weight excluding hydrogens is 356 g/mol. The second-order valence-corrected chi connectivity index (χ2v) is 7.39. The summed E-state index contributed by atoms with van der Waals surface area (Å²) in [6, 6.07) is 15.5. The molecule has 6 heteroatoms. The Labute approximate surface area is 164 Å². The van der Waals surface area contributed by atoms with Gasteiger partial charge >= 0.3 is 0 Å². The summed E-state index contributed by atoms with van der Waals surface area (Å²) in [6.45, 7) is 4.32. The fourth-order valence-corrected chi connectivity index (χ4v) is 3.86. The zero-order chi connectivity index (χ0) is 19.0. The molecule has 1 aliphatic rings. The summed E-state index contributed by atoms with van der Waals surface area (Å²) in [6.07, 6.45) is 6.08. The monoisotopic (exact) mass is 378 g/mol. The predicted octanol–water partition coefficient (Wildman–Crippen LogP) is 4.35. The second-order valence-electron chi connectivity index (χ2n) is 7.00. The quantitative estimate of drug-likeness (QED) is 0.661. The van der Waals surface area contributed by atoms with Crippen LogP contribution in [0.3, 0.4) is 0 Å². The maximum atomic E-state index is 9.66. The fourth-order valence-electron chi connectivity index (χ4n) is 3.51. The summed E-state index contributed by atoms with van der Waals surface area (Å²) < 4.78 is 2.20. The van der Waals surface area contributed by atoms with Crippen LogP contribution >= 0.6 is 12.2 Å². The highest BCUT2D eigenvalue weighted by molar-refractivity contribution is 7.80. The number of benzene rings is 1. The molecule has 1 saturated heterocycles. The third kappa shape index (κ3) is 3.28. The average Bonchev–Trinajstić information content (AvgIpc) is 3.28. The van der Waals surface area contributed by atoms with E-state index in [-0.39, 0.29) is 17.8 Å². The lowest BCUT2D eigenvalue weighted by Crippen LogP contribution is -2.29. The maximum Gasteiger partial charge on any atom is 0.174 e. The number of rotatable bonds is 4. The van der Waals surface area contributed by atoms with Crippen LogP contribution in [0.4, 0.5) is 5.69 Å². The summed E-state index contributed by atoms with van der Waals surface area (Å²) in [4.78, 5) is 6.66. The van der Waals surface area contributed by atoms with E-state index < -0.39 is 0 Å². The Kier molecular flexibility index (Phi) is 4.58. The van der Waals surface area contributed by atoms with Crippen molar-refractivity contribution in [3.05, 3.63) is 78.4 Å². The van der Waals surface area contributed by atoms with Crippen molar-refractivity contribution in [1.29, 1.82) is 0 Å². The highest BCUT2D eigenvalue weighted by Gasteiger charge is 2.41. The molecule has 0 amide bonds. The van der Waals surface area contributed by atoms with Gasteiger partial charge in [0, 0.05) is 30.3 Å². The van der Waals surface area contributed by atoms with Crippen LogP contribution in [0, 0.1) is 0 Å². The molecule has 4 rings (SSSR count). The molecule has 3 aromatic rings.